The molecule has 0 spiro atoms. The largest absolute Gasteiger partial charge is 0.390 e. The van der Waals surface area contributed by atoms with E-state index in [1.165, 1.54) is 11.3 Å². The van der Waals surface area contributed by atoms with Gasteiger partial charge in [-0.25, -0.2) is 9.97 Å². The van der Waals surface area contributed by atoms with Gasteiger partial charge in [0.25, 0.3) is 0 Å². The molecule has 3 heterocycles. The summed E-state index contributed by atoms with van der Waals surface area (Å²) >= 11 is 6.08. The molecule has 2 fully saturated rings. The van der Waals surface area contributed by atoms with Gasteiger partial charge in [-0.2, -0.15) is 0 Å². The van der Waals surface area contributed by atoms with Crippen LogP contribution >= 0.6 is 11.6 Å². The summed E-state index contributed by atoms with van der Waals surface area (Å²) in [5, 5.41) is 10.3. The van der Waals surface area contributed by atoms with Crippen molar-refractivity contribution in [3.63, 3.8) is 0 Å². The molecule has 1 amide bonds. The average Bonchev–Trinajstić information content (AvgIpc) is 3.17. The van der Waals surface area contributed by atoms with Gasteiger partial charge in [0.15, 0.2) is 0 Å². The van der Waals surface area contributed by atoms with E-state index >= 15 is 0 Å². The van der Waals surface area contributed by atoms with Crippen LogP contribution in [0.3, 0.4) is 0 Å². The summed E-state index contributed by atoms with van der Waals surface area (Å²) in [5.74, 6) is 1.43. The van der Waals surface area contributed by atoms with Gasteiger partial charge in [0, 0.05) is 62.1 Å². The number of aromatic nitrogens is 2. The number of hydrogen-bond donors (Lipinski definition) is 1. The van der Waals surface area contributed by atoms with E-state index in [0.717, 1.165) is 37.3 Å². The summed E-state index contributed by atoms with van der Waals surface area (Å²) in [6.07, 6.45) is 3.56. The van der Waals surface area contributed by atoms with Gasteiger partial charge in [0.1, 0.15) is 12.1 Å². The fraction of sp³-hybridized carbons (Fsp3) is 0.542. The number of halogens is 1. The van der Waals surface area contributed by atoms with E-state index in [0.29, 0.717) is 43.7 Å². The first kappa shape index (κ1) is 21.6. The van der Waals surface area contributed by atoms with Crippen molar-refractivity contribution in [1.82, 2.24) is 19.8 Å². The fourth-order valence-electron chi connectivity index (χ4n) is 5.21. The lowest BCUT2D eigenvalue weighted by molar-refractivity contribution is -0.134. The molecule has 1 aliphatic carbocycles. The number of rotatable bonds is 5. The van der Waals surface area contributed by atoms with Crippen LogP contribution in [0.2, 0.25) is 5.02 Å². The highest BCUT2D eigenvalue weighted by Crippen LogP contribution is 2.37. The Hall–Kier alpha value is -2.22. The van der Waals surface area contributed by atoms with Crippen LogP contribution in [0, 0.1) is 0 Å². The van der Waals surface area contributed by atoms with Crippen molar-refractivity contribution < 1.29 is 9.90 Å². The number of nitrogens with zero attached hydrogens (tertiary/aromatic N) is 5. The smallest absolute Gasteiger partial charge is 0.231 e. The van der Waals surface area contributed by atoms with Crippen LogP contribution in [0.25, 0.3) is 0 Å². The highest BCUT2D eigenvalue weighted by Gasteiger charge is 2.35. The van der Waals surface area contributed by atoms with Crippen molar-refractivity contribution in [2.75, 3.05) is 50.7 Å². The van der Waals surface area contributed by atoms with Gasteiger partial charge >= 0.3 is 0 Å². The zero-order chi connectivity index (χ0) is 22.2. The second-order valence-corrected chi connectivity index (χ2v) is 9.72. The van der Waals surface area contributed by atoms with Crippen molar-refractivity contribution >= 4 is 23.3 Å². The van der Waals surface area contributed by atoms with E-state index < -0.39 is 0 Å². The van der Waals surface area contributed by atoms with Crippen molar-refractivity contribution in [3.05, 3.63) is 52.4 Å². The first-order valence-corrected chi connectivity index (χ1v) is 11.9. The maximum atomic E-state index is 13.6. The van der Waals surface area contributed by atoms with Crippen molar-refractivity contribution in [2.24, 2.45) is 0 Å². The molecule has 0 radical (unpaired) electrons. The number of likely N-dealkylation sites (tertiary alicyclic amines) is 1. The molecule has 170 valence electrons. The van der Waals surface area contributed by atoms with Gasteiger partial charge < -0.3 is 14.9 Å². The number of carbonyl (C=O) groups excluding carboxylic acids is 1. The average molecular weight is 456 g/mol. The first-order chi connectivity index (χ1) is 15.5. The van der Waals surface area contributed by atoms with Crippen LogP contribution in [0.5, 0.6) is 0 Å². The second-order valence-electron chi connectivity index (χ2n) is 9.29. The fourth-order valence-corrected chi connectivity index (χ4v) is 5.33. The van der Waals surface area contributed by atoms with Crippen LogP contribution in [0.1, 0.15) is 42.0 Å². The third kappa shape index (κ3) is 4.21. The van der Waals surface area contributed by atoms with Gasteiger partial charge in [-0.15, -0.1) is 0 Å². The molecule has 0 saturated carbocycles. The molecule has 1 aromatic carbocycles. The Balaban J connectivity index is 1.29. The molecular formula is C24H30ClN5O2. The van der Waals surface area contributed by atoms with Crippen molar-refractivity contribution in [2.45, 2.75) is 37.7 Å². The minimum atomic E-state index is -0.281. The predicted molar refractivity (Wildman–Crippen MR) is 124 cm³/mol. The summed E-state index contributed by atoms with van der Waals surface area (Å²) in [7, 11) is 0. The van der Waals surface area contributed by atoms with E-state index in [4.69, 9.17) is 11.6 Å². The number of aliphatic hydroxyl groups is 1. The van der Waals surface area contributed by atoms with Gasteiger partial charge in [0.2, 0.25) is 5.91 Å². The first-order valence-electron chi connectivity index (χ1n) is 11.5. The summed E-state index contributed by atoms with van der Waals surface area (Å²) in [6.45, 7) is 7.04. The summed E-state index contributed by atoms with van der Waals surface area (Å²) < 4.78 is 0. The van der Waals surface area contributed by atoms with Crippen LogP contribution < -0.4 is 4.90 Å². The van der Waals surface area contributed by atoms with Gasteiger partial charge in [-0.3, -0.25) is 9.69 Å². The third-order valence-electron chi connectivity index (χ3n) is 7.09. The molecule has 5 rings (SSSR count). The number of anilines is 1. The van der Waals surface area contributed by atoms with Gasteiger partial charge in [-0.1, -0.05) is 30.7 Å². The Morgan fingerprint density at radius 1 is 1.16 bits per heavy atom. The lowest BCUT2D eigenvalue weighted by atomic mass is 9.95. The van der Waals surface area contributed by atoms with E-state index in [9.17, 15) is 9.90 Å². The zero-order valence-corrected chi connectivity index (χ0v) is 19.2. The van der Waals surface area contributed by atoms with Gasteiger partial charge in [-0.05, 0) is 36.5 Å². The van der Waals surface area contributed by atoms with E-state index in [1.807, 2.05) is 29.2 Å². The molecule has 1 aromatic heterocycles. The zero-order valence-electron chi connectivity index (χ0n) is 18.5. The number of carbonyl (C=O) groups is 1. The summed E-state index contributed by atoms with van der Waals surface area (Å²) in [5.41, 5.74) is 3.45. The van der Waals surface area contributed by atoms with Crippen LogP contribution in [-0.2, 0) is 11.2 Å². The molecule has 8 heteroatoms. The number of piperazine rings is 1. The minimum absolute atomic E-state index is 0.148. The maximum Gasteiger partial charge on any atom is 0.231 e. The third-order valence-corrected chi connectivity index (χ3v) is 7.34. The normalized spacial score (nSPS) is 22.5. The van der Waals surface area contributed by atoms with Crippen molar-refractivity contribution in [1.29, 1.82) is 0 Å². The number of fused-ring (bicyclic) bond motifs is 1. The molecule has 2 atom stereocenters. The number of aliphatic hydroxyl groups excluding tert-OH is 1. The Labute approximate surface area is 194 Å². The number of benzene rings is 1. The standard InChI is InChI=1S/C24H30ClN5O2/c1-16-2-7-21-22(16)23(27-15-26-21)29-8-10-30(11-9-29)24(32)20(14-28-12-19(31)13-28)17-3-5-18(25)6-4-17/h3-6,15-16,19-20,31H,2,7-14H2,1H3/t16-,20+/m1/s1. The Kier molecular flexibility index (Phi) is 6.05. The maximum absolute atomic E-state index is 13.6. The van der Waals surface area contributed by atoms with E-state index in [-0.39, 0.29) is 17.9 Å². The molecule has 0 unspecified atom stereocenters. The Morgan fingerprint density at radius 2 is 1.88 bits per heavy atom. The number of aryl methyl sites for hydroxylation is 1. The van der Waals surface area contributed by atoms with Crippen molar-refractivity contribution in [3.8, 4) is 0 Å². The van der Waals surface area contributed by atoms with Gasteiger partial charge in [0.05, 0.1) is 12.0 Å². The Bertz CT molecular complexity index is 971. The molecule has 2 aromatic rings. The summed E-state index contributed by atoms with van der Waals surface area (Å²) in [6, 6.07) is 7.58. The molecule has 7 nitrogen and oxygen atoms in total. The molecule has 3 aliphatic rings. The monoisotopic (exact) mass is 455 g/mol. The molecule has 2 saturated heterocycles. The topological polar surface area (TPSA) is 72.8 Å². The quantitative estimate of drug-likeness (QED) is 0.745. The second kappa shape index (κ2) is 8.96. The SMILES string of the molecule is C[C@@H]1CCc2ncnc(N3CCN(C(=O)[C@@H](CN4CC(O)C4)c4ccc(Cl)cc4)CC3)c21. The number of hydrogen-bond acceptors (Lipinski definition) is 6. The minimum Gasteiger partial charge on any atom is -0.390 e. The Morgan fingerprint density at radius 3 is 2.56 bits per heavy atom. The lowest BCUT2D eigenvalue weighted by Gasteiger charge is -2.41. The highest BCUT2D eigenvalue weighted by atomic mass is 35.5. The summed E-state index contributed by atoms with van der Waals surface area (Å²) in [4.78, 5) is 29.1. The lowest BCUT2D eigenvalue weighted by Crippen LogP contribution is -2.55. The molecule has 32 heavy (non-hydrogen) atoms. The molecule has 2 aliphatic heterocycles. The molecular weight excluding hydrogens is 426 g/mol. The number of β-amino-alcohol motifs (C(OH)–C–C–N with tert-alkyl or cyclic N) is 1. The molecule has 0 bridgehead atoms. The van der Waals surface area contributed by atoms with Crippen LogP contribution in [0.15, 0.2) is 30.6 Å². The van der Waals surface area contributed by atoms with E-state index in [2.05, 4.69) is 26.7 Å². The van der Waals surface area contributed by atoms with E-state index in [1.54, 1.807) is 6.33 Å². The van der Waals surface area contributed by atoms with Crippen LogP contribution in [-0.4, -0.2) is 82.7 Å². The van der Waals surface area contributed by atoms with Crippen LogP contribution in [0.4, 0.5) is 5.82 Å². The molecule has 1 N–H and O–H groups in total. The highest BCUT2D eigenvalue weighted by molar-refractivity contribution is 6.30. The number of amides is 1. The predicted octanol–water partition coefficient (Wildman–Crippen LogP) is 2.29.